The van der Waals surface area contributed by atoms with Crippen LogP contribution in [0.15, 0.2) is 63.1 Å². The van der Waals surface area contributed by atoms with Gasteiger partial charge in [-0.05, 0) is 18.4 Å². The van der Waals surface area contributed by atoms with Crippen LogP contribution in [0.4, 0.5) is 0 Å². The quantitative estimate of drug-likeness (QED) is 0.521. The zero-order valence-corrected chi connectivity index (χ0v) is 14.3. The van der Waals surface area contributed by atoms with Crippen LogP contribution in [0.5, 0.6) is 0 Å². The van der Waals surface area contributed by atoms with Crippen molar-refractivity contribution in [2.45, 2.75) is 6.92 Å². The number of benzene rings is 1. The van der Waals surface area contributed by atoms with Crippen molar-refractivity contribution < 1.29 is 19.4 Å². The Balaban J connectivity index is 2.13. The monoisotopic (exact) mass is 354 g/mol. The Morgan fingerprint density at radius 3 is 2.48 bits per heavy atom. The number of ether oxygens (including phenoxy) is 1. The Kier molecular flexibility index (Phi) is 4.58. The van der Waals surface area contributed by atoms with Gasteiger partial charge in [-0.25, -0.2) is 9.79 Å². The number of rotatable bonds is 3. The summed E-state index contributed by atoms with van der Waals surface area (Å²) in [4.78, 5) is 33.2. The first-order valence-electron chi connectivity index (χ1n) is 7.36. The van der Waals surface area contributed by atoms with Gasteiger partial charge in [0.25, 0.3) is 5.91 Å². The number of amidine groups is 1. The lowest BCUT2D eigenvalue weighted by atomic mass is 9.99. The molecule has 1 aliphatic rings. The summed E-state index contributed by atoms with van der Waals surface area (Å²) in [5.41, 5.74) is 1.41. The Morgan fingerprint density at radius 2 is 1.88 bits per heavy atom. The molecule has 2 aromatic rings. The minimum absolute atomic E-state index is 0.0521. The van der Waals surface area contributed by atoms with Crippen molar-refractivity contribution in [3.8, 4) is 0 Å². The zero-order chi connectivity index (χ0) is 18.0. The second-order valence-electron chi connectivity index (χ2n) is 5.18. The van der Waals surface area contributed by atoms with Crippen molar-refractivity contribution in [3.63, 3.8) is 0 Å². The van der Waals surface area contributed by atoms with Gasteiger partial charge >= 0.3 is 5.97 Å². The molecule has 7 heteroatoms. The number of esters is 1. The number of carbonyl (C=O) groups is 2. The van der Waals surface area contributed by atoms with Crippen LogP contribution in [-0.4, -0.2) is 35.6 Å². The normalized spacial score (nSPS) is 15.4. The summed E-state index contributed by atoms with van der Waals surface area (Å²) in [6.45, 7) is 1.38. The molecule has 0 aliphatic carbocycles. The molecule has 126 valence electrons. The predicted octanol–water partition coefficient (Wildman–Crippen LogP) is 3.14. The summed E-state index contributed by atoms with van der Waals surface area (Å²) >= 11 is 1.29. The van der Waals surface area contributed by atoms with Gasteiger partial charge in [0.2, 0.25) is 0 Å². The Hall–Kier alpha value is -3.06. The molecule has 2 heterocycles. The molecule has 0 saturated carbocycles. The van der Waals surface area contributed by atoms with E-state index in [0.717, 1.165) is 0 Å². The van der Waals surface area contributed by atoms with E-state index < -0.39 is 11.9 Å². The number of aliphatic hydroxyl groups is 1. The maximum atomic E-state index is 12.3. The number of aliphatic hydroxyl groups excluding tert-OH is 1. The standard InChI is InChI=1S/C18H14N2O4S/c1-10(21)14(18(23)24-2)15-11-6-3-4-7-12(11)16(19-15)20-17(22)13-8-5-9-25-13/h3-9,21H,1-2H3/b14-10-,20-16?. The molecule has 25 heavy (non-hydrogen) atoms. The molecular weight excluding hydrogens is 340 g/mol. The van der Waals surface area contributed by atoms with Gasteiger partial charge in [0.15, 0.2) is 5.84 Å². The van der Waals surface area contributed by atoms with Crippen LogP contribution >= 0.6 is 11.3 Å². The van der Waals surface area contributed by atoms with Gasteiger partial charge in [-0.1, -0.05) is 30.3 Å². The molecule has 0 spiro atoms. The highest BCUT2D eigenvalue weighted by molar-refractivity contribution is 7.12. The molecular formula is C18H14N2O4S. The van der Waals surface area contributed by atoms with E-state index in [1.54, 1.807) is 41.8 Å². The summed E-state index contributed by atoms with van der Waals surface area (Å²) in [5, 5.41) is 11.7. The summed E-state index contributed by atoms with van der Waals surface area (Å²) in [6, 6.07) is 10.5. The number of nitrogens with zero attached hydrogens (tertiary/aromatic N) is 2. The molecule has 6 nitrogen and oxygen atoms in total. The van der Waals surface area contributed by atoms with Crippen LogP contribution < -0.4 is 0 Å². The highest BCUT2D eigenvalue weighted by Gasteiger charge is 2.30. The highest BCUT2D eigenvalue weighted by atomic mass is 32.1. The van der Waals surface area contributed by atoms with Gasteiger partial charge in [-0.3, -0.25) is 4.79 Å². The van der Waals surface area contributed by atoms with Crippen molar-refractivity contribution in [1.82, 2.24) is 0 Å². The Bertz CT molecular complexity index is 936. The number of hydrogen-bond acceptors (Lipinski definition) is 5. The molecule has 0 bridgehead atoms. The number of thiophene rings is 1. The van der Waals surface area contributed by atoms with Crippen LogP contribution in [0.1, 0.15) is 27.7 Å². The molecule has 1 amide bonds. The summed E-state index contributed by atoms with van der Waals surface area (Å²) in [5.74, 6) is -1.13. The lowest BCUT2D eigenvalue weighted by Crippen LogP contribution is -2.16. The number of fused-ring (bicyclic) bond motifs is 1. The van der Waals surface area contributed by atoms with Crippen molar-refractivity contribution in [3.05, 3.63) is 69.1 Å². The largest absolute Gasteiger partial charge is 0.512 e. The molecule has 0 fully saturated rings. The van der Waals surface area contributed by atoms with E-state index in [1.165, 1.54) is 25.4 Å². The first-order chi connectivity index (χ1) is 12.0. The van der Waals surface area contributed by atoms with Crippen molar-refractivity contribution in [2.75, 3.05) is 7.11 Å². The minimum atomic E-state index is -0.709. The molecule has 0 atom stereocenters. The van der Waals surface area contributed by atoms with E-state index in [4.69, 9.17) is 4.74 Å². The van der Waals surface area contributed by atoms with E-state index in [2.05, 4.69) is 9.98 Å². The van der Waals surface area contributed by atoms with E-state index in [9.17, 15) is 14.7 Å². The van der Waals surface area contributed by atoms with E-state index in [0.29, 0.717) is 16.0 Å². The molecule has 0 radical (unpaired) electrons. The molecule has 1 aromatic heterocycles. The maximum absolute atomic E-state index is 12.3. The van der Waals surface area contributed by atoms with Crippen molar-refractivity contribution in [1.29, 1.82) is 0 Å². The fourth-order valence-corrected chi connectivity index (χ4v) is 3.06. The third-order valence-electron chi connectivity index (χ3n) is 3.57. The molecule has 0 saturated heterocycles. The lowest BCUT2D eigenvalue weighted by Gasteiger charge is -2.07. The summed E-state index contributed by atoms with van der Waals surface area (Å²) < 4.78 is 4.73. The van der Waals surface area contributed by atoms with Crippen molar-refractivity contribution in [2.24, 2.45) is 9.98 Å². The second-order valence-corrected chi connectivity index (χ2v) is 6.12. The van der Waals surface area contributed by atoms with Crippen LogP contribution in [-0.2, 0) is 9.53 Å². The number of allylic oxidation sites excluding steroid dienone is 1. The van der Waals surface area contributed by atoms with Crippen LogP contribution in [0.25, 0.3) is 0 Å². The Morgan fingerprint density at radius 1 is 1.16 bits per heavy atom. The molecule has 3 rings (SSSR count). The van der Waals surface area contributed by atoms with Crippen LogP contribution in [0.3, 0.4) is 0 Å². The van der Waals surface area contributed by atoms with Gasteiger partial charge < -0.3 is 9.84 Å². The molecule has 1 N–H and O–H groups in total. The van der Waals surface area contributed by atoms with Gasteiger partial charge in [-0.15, -0.1) is 11.3 Å². The first kappa shape index (κ1) is 16.8. The topological polar surface area (TPSA) is 88.3 Å². The Labute approximate surface area is 147 Å². The van der Waals surface area contributed by atoms with Gasteiger partial charge in [0.1, 0.15) is 11.3 Å². The third kappa shape index (κ3) is 3.14. The number of aliphatic imine (C=N–C) groups is 2. The smallest absolute Gasteiger partial charge is 0.343 e. The zero-order valence-electron chi connectivity index (χ0n) is 13.5. The van der Waals surface area contributed by atoms with E-state index in [1.807, 2.05) is 0 Å². The fourth-order valence-electron chi connectivity index (χ4n) is 2.46. The van der Waals surface area contributed by atoms with Gasteiger partial charge in [0.05, 0.1) is 17.7 Å². The van der Waals surface area contributed by atoms with Crippen LogP contribution in [0.2, 0.25) is 0 Å². The van der Waals surface area contributed by atoms with Crippen LogP contribution in [0, 0.1) is 0 Å². The van der Waals surface area contributed by atoms with Gasteiger partial charge in [0, 0.05) is 11.1 Å². The predicted molar refractivity (Wildman–Crippen MR) is 95.5 cm³/mol. The SMILES string of the molecule is COC(=O)/C(C1=NC(=NC(=O)c2cccs2)c2ccccc21)=C(/C)O. The maximum Gasteiger partial charge on any atom is 0.343 e. The van der Waals surface area contributed by atoms with E-state index in [-0.39, 0.29) is 22.9 Å². The lowest BCUT2D eigenvalue weighted by molar-refractivity contribution is -0.135. The van der Waals surface area contributed by atoms with Gasteiger partial charge in [-0.2, -0.15) is 4.99 Å². The third-order valence-corrected chi connectivity index (χ3v) is 4.43. The molecule has 0 unspecified atom stereocenters. The number of hydrogen-bond donors (Lipinski definition) is 1. The number of carbonyl (C=O) groups excluding carboxylic acids is 2. The number of amides is 1. The first-order valence-corrected chi connectivity index (χ1v) is 8.24. The average Bonchev–Trinajstić information content (AvgIpc) is 3.24. The van der Waals surface area contributed by atoms with Crippen molar-refractivity contribution >= 4 is 34.8 Å². The number of methoxy groups -OCH3 is 1. The highest BCUT2D eigenvalue weighted by Crippen LogP contribution is 2.26. The average molecular weight is 354 g/mol. The van der Waals surface area contributed by atoms with E-state index >= 15 is 0 Å². The second kappa shape index (κ2) is 6.82. The molecule has 1 aromatic carbocycles. The summed E-state index contributed by atoms with van der Waals surface area (Å²) in [6.07, 6.45) is 0. The molecule has 1 aliphatic heterocycles. The minimum Gasteiger partial charge on any atom is -0.512 e. The fraction of sp³-hybridized carbons (Fsp3) is 0.111. The summed E-state index contributed by atoms with van der Waals surface area (Å²) in [7, 11) is 1.22.